The first kappa shape index (κ1) is 12.1. The van der Waals surface area contributed by atoms with Gasteiger partial charge in [-0.15, -0.1) is 0 Å². The van der Waals surface area contributed by atoms with E-state index in [2.05, 4.69) is 0 Å². The summed E-state index contributed by atoms with van der Waals surface area (Å²) in [7, 11) is -3.58. The second-order valence-electron chi connectivity index (χ2n) is 3.92. The summed E-state index contributed by atoms with van der Waals surface area (Å²) >= 11 is 0. The smallest absolute Gasteiger partial charge is 0.184 e. The molecule has 5 heteroatoms. The summed E-state index contributed by atoms with van der Waals surface area (Å²) in [6, 6.07) is 4.95. The summed E-state index contributed by atoms with van der Waals surface area (Å²) < 4.78 is 35.8. The number of hydrogen-bond donors (Lipinski definition) is 1. The van der Waals surface area contributed by atoms with E-state index in [1.54, 1.807) is 0 Å². The van der Waals surface area contributed by atoms with E-state index < -0.39 is 20.4 Å². The number of sulfone groups is 1. The maximum atomic E-state index is 12.9. The van der Waals surface area contributed by atoms with Crippen molar-refractivity contribution in [2.75, 3.05) is 6.54 Å². The molecule has 0 radical (unpaired) electrons. The minimum atomic E-state index is -3.58. The molecule has 0 heterocycles. The molecular formula is C10H14FNO2S. The highest BCUT2D eigenvalue weighted by molar-refractivity contribution is 7.92. The van der Waals surface area contributed by atoms with Gasteiger partial charge < -0.3 is 5.73 Å². The van der Waals surface area contributed by atoms with Crippen molar-refractivity contribution >= 4 is 9.84 Å². The van der Waals surface area contributed by atoms with Crippen LogP contribution in [0.1, 0.15) is 13.8 Å². The van der Waals surface area contributed by atoms with Gasteiger partial charge in [0.2, 0.25) is 0 Å². The van der Waals surface area contributed by atoms with Crippen molar-refractivity contribution in [1.82, 2.24) is 0 Å². The Morgan fingerprint density at radius 3 is 2.47 bits per heavy atom. The van der Waals surface area contributed by atoms with Gasteiger partial charge in [0.25, 0.3) is 0 Å². The molecular weight excluding hydrogens is 217 g/mol. The van der Waals surface area contributed by atoms with Gasteiger partial charge in [-0.05, 0) is 32.0 Å². The molecule has 1 rings (SSSR count). The third-order valence-electron chi connectivity index (χ3n) is 2.33. The number of halogens is 1. The number of nitrogens with two attached hydrogens (primary N) is 1. The van der Waals surface area contributed by atoms with E-state index in [1.807, 2.05) is 0 Å². The van der Waals surface area contributed by atoms with Crippen LogP contribution in [0, 0.1) is 5.82 Å². The molecule has 3 nitrogen and oxygen atoms in total. The molecule has 1 aromatic carbocycles. The third-order valence-corrected chi connectivity index (χ3v) is 4.82. The van der Waals surface area contributed by atoms with Crippen molar-refractivity contribution < 1.29 is 12.8 Å². The second kappa shape index (κ2) is 3.90. The standard InChI is InChI=1S/C10H14FNO2S/c1-10(2,7-12)15(13,14)9-5-3-4-8(11)6-9/h3-6H,7,12H2,1-2H3. The Bertz CT molecular complexity index is 454. The molecule has 0 amide bonds. The van der Waals surface area contributed by atoms with E-state index in [0.29, 0.717) is 0 Å². The molecule has 0 unspecified atom stereocenters. The fourth-order valence-electron chi connectivity index (χ4n) is 1.06. The maximum Gasteiger partial charge on any atom is 0.184 e. The molecule has 0 spiro atoms. The Hall–Kier alpha value is -0.940. The summed E-state index contributed by atoms with van der Waals surface area (Å²) in [4.78, 5) is -0.0297. The fourth-order valence-corrected chi connectivity index (χ4v) is 2.45. The number of rotatable bonds is 3. The highest BCUT2D eigenvalue weighted by Gasteiger charge is 2.34. The van der Waals surface area contributed by atoms with E-state index in [4.69, 9.17) is 5.73 Å². The molecule has 84 valence electrons. The molecule has 0 saturated carbocycles. The summed E-state index contributed by atoms with van der Waals surface area (Å²) in [5, 5.41) is 0. The average molecular weight is 231 g/mol. The van der Waals surface area contributed by atoms with Crippen LogP contribution < -0.4 is 5.73 Å². The lowest BCUT2D eigenvalue weighted by Gasteiger charge is -2.22. The van der Waals surface area contributed by atoms with Crippen LogP contribution in [-0.2, 0) is 9.84 Å². The van der Waals surface area contributed by atoms with Crippen LogP contribution in [0.4, 0.5) is 4.39 Å². The predicted octanol–water partition coefficient (Wildman–Crippen LogP) is 1.34. The van der Waals surface area contributed by atoms with Crippen LogP contribution in [0.15, 0.2) is 29.2 Å². The second-order valence-corrected chi connectivity index (χ2v) is 6.51. The Labute approximate surface area is 89.0 Å². The molecule has 0 aliphatic heterocycles. The zero-order valence-electron chi connectivity index (χ0n) is 8.70. The third kappa shape index (κ3) is 2.18. The summed E-state index contributed by atoms with van der Waals surface area (Å²) in [6.07, 6.45) is 0. The minimum Gasteiger partial charge on any atom is -0.329 e. The Kier molecular flexibility index (Phi) is 3.16. The van der Waals surface area contributed by atoms with Crippen LogP contribution in [-0.4, -0.2) is 19.7 Å². The summed E-state index contributed by atoms with van der Waals surface area (Å²) in [6.45, 7) is 3.03. The van der Waals surface area contributed by atoms with E-state index in [0.717, 1.165) is 6.07 Å². The highest BCUT2D eigenvalue weighted by atomic mass is 32.2. The van der Waals surface area contributed by atoms with E-state index >= 15 is 0 Å². The fraction of sp³-hybridized carbons (Fsp3) is 0.400. The first-order valence-corrected chi connectivity index (χ1v) is 6.00. The van der Waals surface area contributed by atoms with E-state index in [1.165, 1.54) is 32.0 Å². The molecule has 2 N–H and O–H groups in total. The van der Waals surface area contributed by atoms with Gasteiger partial charge in [-0.2, -0.15) is 0 Å². The van der Waals surface area contributed by atoms with Gasteiger partial charge >= 0.3 is 0 Å². The SMILES string of the molecule is CC(C)(CN)S(=O)(=O)c1cccc(F)c1. The van der Waals surface area contributed by atoms with E-state index in [-0.39, 0.29) is 11.4 Å². The van der Waals surface area contributed by atoms with Crippen LogP contribution >= 0.6 is 0 Å². The number of benzene rings is 1. The van der Waals surface area contributed by atoms with Gasteiger partial charge in [0.15, 0.2) is 9.84 Å². The quantitative estimate of drug-likeness (QED) is 0.853. The normalized spacial score (nSPS) is 12.8. The van der Waals surface area contributed by atoms with Crippen molar-refractivity contribution in [3.8, 4) is 0 Å². The molecule has 0 bridgehead atoms. The van der Waals surface area contributed by atoms with Gasteiger partial charge in [0, 0.05) is 6.54 Å². The van der Waals surface area contributed by atoms with Gasteiger partial charge in [-0.1, -0.05) is 6.07 Å². The lowest BCUT2D eigenvalue weighted by atomic mass is 10.2. The molecule has 0 aromatic heterocycles. The molecule has 0 aliphatic carbocycles. The molecule has 0 saturated heterocycles. The Morgan fingerprint density at radius 1 is 1.40 bits per heavy atom. The largest absolute Gasteiger partial charge is 0.329 e. The van der Waals surface area contributed by atoms with E-state index in [9.17, 15) is 12.8 Å². The van der Waals surface area contributed by atoms with Crippen molar-refractivity contribution in [2.45, 2.75) is 23.5 Å². The van der Waals surface area contributed by atoms with Gasteiger partial charge in [0.05, 0.1) is 9.64 Å². The van der Waals surface area contributed by atoms with Crippen molar-refractivity contribution in [1.29, 1.82) is 0 Å². The molecule has 0 fully saturated rings. The van der Waals surface area contributed by atoms with Crippen LogP contribution in [0.2, 0.25) is 0 Å². The minimum absolute atomic E-state index is 0.00809. The zero-order chi connectivity index (χ0) is 11.7. The lowest BCUT2D eigenvalue weighted by molar-refractivity contribution is 0.546. The van der Waals surface area contributed by atoms with Crippen LogP contribution in [0.25, 0.3) is 0 Å². The van der Waals surface area contributed by atoms with Crippen LogP contribution in [0.3, 0.4) is 0 Å². The zero-order valence-corrected chi connectivity index (χ0v) is 9.51. The Morgan fingerprint density at radius 2 is 2.00 bits per heavy atom. The summed E-state index contributed by atoms with van der Waals surface area (Å²) in [5.74, 6) is -0.566. The predicted molar refractivity (Wildman–Crippen MR) is 56.7 cm³/mol. The first-order valence-electron chi connectivity index (χ1n) is 4.51. The molecule has 15 heavy (non-hydrogen) atoms. The van der Waals surface area contributed by atoms with Gasteiger partial charge in [-0.25, -0.2) is 12.8 Å². The Balaban J connectivity index is 3.30. The molecule has 1 aromatic rings. The summed E-state index contributed by atoms with van der Waals surface area (Å²) in [5.41, 5.74) is 5.39. The highest BCUT2D eigenvalue weighted by Crippen LogP contribution is 2.24. The van der Waals surface area contributed by atoms with Crippen molar-refractivity contribution in [2.24, 2.45) is 5.73 Å². The van der Waals surface area contributed by atoms with Gasteiger partial charge in [0.1, 0.15) is 5.82 Å². The van der Waals surface area contributed by atoms with Gasteiger partial charge in [-0.3, -0.25) is 0 Å². The topological polar surface area (TPSA) is 60.2 Å². The van der Waals surface area contributed by atoms with Crippen molar-refractivity contribution in [3.63, 3.8) is 0 Å². The first-order chi connectivity index (χ1) is 6.81. The lowest BCUT2D eigenvalue weighted by Crippen LogP contribution is -2.39. The molecule has 0 atom stereocenters. The monoisotopic (exact) mass is 231 g/mol. The van der Waals surface area contributed by atoms with Crippen molar-refractivity contribution in [3.05, 3.63) is 30.1 Å². The maximum absolute atomic E-state index is 12.9. The number of hydrogen-bond acceptors (Lipinski definition) is 3. The molecule has 0 aliphatic rings. The average Bonchev–Trinajstić information content (AvgIpc) is 2.17. The van der Waals surface area contributed by atoms with Crippen LogP contribution in [0.5, 0.6) is 0 Å².